The first-order chi connectivity index (χ1) is 5.65. The predicted molar refractivity (Wildman–Crippen MR) is 44.7 cm³/mol. The number of aliphatic hydroxyl groups is 1. The maximum atomic E-state index is 11.3. The zero-order chi connectivity index (χ0) is 9.14. The summed E-state index contributed by atoms with van der Waals surface area (Å²) in [6.45, 7) is 1.97. The number of amides is 2. The predicted octanol–water partition coefficient (Wildman–Crippen LogP) is -1.33. The van der Waals surface area contributed by atoms with Crippen LogP contribution in [-0.2, 0) is 0 Å². The highest BCUT2D eigenvalue weighted by Gasteiger charge is 2.26. The molecule has 0 bridgehead atoms. The fourth-order valence-electron chi connectivity index (χ4n) is 1.20. The fourth-order valence-corrected chi connectivity index (χ4v) is 1.20. The van der Waals surface area contributed by atoms with Gasteiger partial charge in [0.25, 0.3) is 0 Å². The molecule has 0 aliphatic carbocycles. The standard InChI is InChI=1S/C7H15N3O2/c1-9-2-3-10(7(9)12)5-6(11)4-8/h6,11H,2-5,8H2,1H3/t6-/m0/s1. The second-order valence-electron chi connectivity index (χ2n) is 3.04. The van der Waals surface area contributed by atoms with E-state index in [2.05, 4.69) is 0 Å². The third-order valence-electron chi connectivity index (χ3n) is 2.01. The number of nitrogens with two attached hydrogens (primary N) is 1. The number of nitrogens with zero attached hydrogens (tertiary/aromatic N) is 2. The fraction of sp³-hybridized carbons (Fsp3) is 0.857. The molecule has 1 heterocycles. The van der Waals surface area contributed by atoms with Gasteiger partial charge < -0.3 is 20.6 Å². The quantitative estimate of drug-likeness (QED) is 0.555. The highest BCUT2D eigenvalue weighted by atomic mass is 16.3. The van der Waals surface area contributed by atoms with E-state index in [4.69, 9.17) is 5.73 Å². The minimum atomic E-state index is -0.597. The van der Waals surface area contributed by atoms with Crippen LogP contribution in [-0.4, -0.2) is 60.3 Å². The Kier molecular flexibility index (Phi) is 2.88. The molecule has 1 aliphatic heterocycles. The van der Waals surface area contributed by atoms with Crippen molar-refractivity contribution in [2.75, 3.05) is 33.2 Å². The van der Waals surface area contributed by atoms with Gasteiger partial charge in [-0.2, -0.15) is 0 Å². The van der Waals surface area contributed by atoms with E-state index in [-0.39, 0.29) is 12.6 Å². The summed E-state index contributed by atoms with van der Waals surface area (Å²) in [6.07, 6.45) is -0.597. The molecule has 2 amide bonds. The SMILES string of the molecule is CN1CCN(C[C@@H](O)CN)C1=O. The summed E-state index contributed by atoms with van der Waals surface area (Å²) < 4.78 is 0. The van der Waals surface area contributed by atoms with Gasteiger partial charge in [-0.15, -0.1) is 0 Å². The van der Waals surface area contributed by atoms with Crippen LogP contribution in [0.25, 0.3) is 0 Å². The lowest BCUT2D eigenvalue weighted by Crippen LogP contribution is -2.38. The molecule has 1 aliphatic rings. The Labute approximate surface area is 71.7 Å². The third kappa shape index (κ3) is 1.86. The molecule has 5 nitrogen and oxygen atoms in total. The number of hydrogen-bond donors (Lipinski definition) is 2. The maximum absolute atomic E-state index is 11.3. The van der Waals surface area contributed by atoms with E-state index in [0.29, 0.717) is 13.1 Å². The van der Waals surface area contributed by atoms with Crippen LogP contribution in [0.2, 0.25) is 0 Å². The monoisotopic (exact) mass is 173 g/mol. The van der Waals surface area contributed by atoms with Crippen LogP contribution in [0.15, 0.2) is 0 Å². The average molecular weight is 173 g/mol. The second-order valence-corrected chi connectivity index (χ2v) is 3.04. The van der Waals surface area contributed by atoms with Crippen LogP contribution in [0.5, 0.6) is 0 Å². The van der Waals surface area contributed by atoms with Gasteiger partial charge in [0.05, 0.1) is 6.10 Å². The summed E-state index contributed by atoms with van der Waals surface area (Å²) in [5.74, 6) is 0. The summed E-state index contributed by atoms with van der Waals surface area (Å²) in [5.41, 5.74) is 5.23. The molecule has 0 aromatic carbocycles. The smallest absolute Gasteiger partial charge is 0.319 e. The number of urea groups is 1. The Morgan fingerprint density at radius 3 is 2.75 bits per heavy atom. The topological polar surface area (TPSA) is 69.8 Å². The van der Waals surface area contributed by atoms with Crippen molar-refractivity contribution in [1.82, 2.24) is 9.80 Å². The largest absolute Gasteiger partial charge is 0.390 e. The number of hydrogen-bond acceptors (Lipinski definition) is 3. The summed E-state index contributed by atoms with van der Waals surface area (Å²) in [6, 6.07) is -0.0255. The number of carbonyl (C=O) groups excluding carboxylic acids is 1. The lowest BCUT2D eigenvalue weighted by Gasteiger charge is -2.18. The molecule has 0 spiro atoms. The van der Waals surface area contributed by atoms with Crippen molar-refractivity contribution in [2.45, 2.75) is 6.10 Å². The maximum Gasteiger partial charge on any atom is 0.319 e. The normalized spacial score (nSPS) is 20.4. The van der Waals surface area contributed by atoms with E-state index in [1.54, 1.807) is 16.8 Å². The molecule has 1 saturated heterocycles. The van der Waals surface area contributed by atoms with Crippen molar-refractivity contribution >= 4 is 6.03 Å². The van der Waals surface area contributed by atoms with Crippen molar-refractivity contribution in [3.8, 4) is 0 Å². The Hall–Kier alpha value is -0.810. The zero-order valence-electron chi connectivity index (χ0n) is 7.23. The van der Waals surface area contributed by atoms with Gasteiger partial charge in [0.15, 0.2) is 0 Å². The molecule has 0 saturated carbocycles. The number of aliphatic hydroxyl groups excluding tert-OH is 1. The highest BCUT2D eigenvalue weighted by molar-refractivity contribution is 5.76. The minimum absolute atomic E-state index is 0.0255. The summed E-state index contributed by atoms with van der Waals surface area (Å²) in [4.78, 5) is 14.5. The Morgan fingerprint density at radius 1 is 1.67 bits per heavy atom. The van der Waals surface area contributed by atoms with Crippen LogP contribution in [0.3, 0.4) is 0 Å². The molecule has 70 valence electrons. The number of likely N-dealkylation sites (N-methyl/N-ethyl adjacent to an activating group) is 1. The van der Waals surface area contributed by atoms with E-state index in [0.717, 1.165) is 6.54 Å². The number of carbonyl (C=O) groups is 1. The van der Waals surface area contributed by atoms with E-state index in [1.165, 1.54) is 0 Å². The number of β-amino-alcohol motifs (C(OH)–C–C–N with tert-alkyl or cyclic N) is 1. The molecule has 5 heteroatoms. The van der Waals surface area contributed by atoms with Crippen molar-refractivity contribution in [2.24, 2.45) is 5.73 Å². The summed E-state index contributed by atoms with van der Waals surface area (Å²) >= 11 is 0. The molecule has 0 aromatic rings. The Balaban J connectivity index is 2.39. The van der Waals surface area contributed by atoms with E-state index < -0.39 is 6.10 Å². The third-order valence-corrected chi connectivity index (χ3v) is 2.01. The van der Waals surface area contributed by atoms with Crippen LogP contribution in [0, 0.1) is 0 Å². The van der Waals surface area contributed by atoms with Gasteiger partial charge in [0, 0.05) is 33.2 Å². The van der Waals surface area contributed by atoms with E-state index in [1.807, 2.05) is 0 Å². The van der Waals surface area contributed by atoms with Gasteiger partial charge in [-0.1, -0.05) is 0 Å². The molecule has 1 rings (SSSR count). The van der Waals surface area contributed by atoms with Crippen molar-refractivity contribution in [3.63, 3.8) is 0 Å². The van der Waals surface area contributed by atoms with Crippen molar-refractivity contribution < 1.29 is 9.90 Å². The highest BCUT2D eigenvalue weighted by Crippen LogP contribution is 2.05. The van der Waals surface area contributed by atoms with Crippen LogP contribution < -0.4 is 5.73 Å². The molecular formula is C7H15N3O2. The lowest BCUT2D eigenvalue weighted by atomic mass is 10.3. The van der Waals surface area contributed by atoms with Gasteiger partial charge in [-0.05, 0) is 0 Å². The Morgan fingerprint density at radius 2 is 2.33 bits per heavy atom. The lowest BCUT2D eigenvalue weighted by molar-refractivity contribution is 0.134. The molecule has 12 heavy (non-hydrogen) atoms. The van der Waals surface area contributed by atoms with Gasteiger partial charge in [-0.3, -0.25) is 0 Å². The molecule has 1 atom stereocenters. The van der Waals surface area contributed by atoms with Crippen molar-refractivity contribution in [1.29, 1.82) is 0 Å². The second kappa shape index (κ2) is 3.73. The molecule has 3 N–H and O–H groups in total. The molecule has 0 unspecified atom stereocenters. The first-order valence-corrected chi connectivity index (χ1v) is 4.03. The first kappa shape index (κ1) is 9.28. The van der Waals surface area contributed by atoms with Crippen LogP contribution in [0.4, 0.5) is 4.79 Å². The summed E-state index contributed by atoms with van der Waals surface area (Å²) in [7, 11) is 1.75. The number of rotatable bonds is 3. The van der Waals surface area contributed by atoms with Crippen LogP contribution in [0.1, 0.15) is 0 Å². The Bertz CT molecular complexity index is 174. The van der Waals surface area contributed by atoms with E-state index >= 15 is 0 Å². The van der Waals surface area contributed by atoms with E-state index in [9.17, 15) is 9.90 Å². The van der Waals surface area contributed by atoms with Crippen LogP contribution >= 0.6 is 0 Å². The average Bonchev–Trinajstić information content (AvgIpc) is 2.36. The summed E-state index contributed by atoms with van der Waals surface area (Å²) in [5, 5.41) is 9.18. The molecule has 0 radical (unpaired) electrons. The van der Waals surface area contributed by atoms with Gasteiger partial charge in [-0.25, -0.2) is 4.79 Å². The van der Waals surface area contributed by atoms with Gasteiger partial charge in [0.1, 0.15) is 0 Å². The van der Waals surface area contributed by atoms with Gasteiger partial charge in [0.2, 0.25) is 0 Å². The minimum Gasteiger partial charge on any atom is -0.390 e. The molecular weight excluding hydrogens is 158 g/mol. The molecule has 1 fully saturated rings. The first-order valence-electron chi connectivity index (χ1n) is 4.03. The van der Waals surface area contributed by atoms with Crippen molar-refractivity contribution in [3.05, 3.63) is 0 Å². The molecule has 0 aromatic heterocycles. The zero-order valence-corrected chi connectivity index (χ0v) is 7.23. The van der Waals surface area contributed by atoms with Gasteiger partial charge >= 0.3 is 6.03 Å².